The van der Waals surface area contributed by atoms with Gasteiger partial charge in [-0.3, -0.25) is 0 Å². The first-order chi connectivity index (χ1) is 13.2. The van der Waals surface area contributed by atoms with Gasteiger partial charge in [-0.2, -0.15) is 0 Å². The second-order valence-electron chi connectivity index (χ2n) is 5.81. The van der Waals surface area contributed by atoms with Crippen molar-refractivity contribution >= 4 is 17.5 Å². The van der Waals surface area contributed by atoms with Gasteiger partial charge in [0.15, 0.2) is 11.5 Å². The highest BCUT2D eigenvalue weighted by Gasteiger charge is 2.30. The van der Waals surface area contributed by atoms with Gasteiger partial charge >= 0.3 is 0 Å². The third-order valence-corrected chi connectivity index (χ3v) is 4.42. The van der Waals surface area contributed by atoms with Crippen molar-refractivity contribution in [3.63, 3.8) is 0 Å². The van der Waals surface area contributed by atoms with Crippen LogP contribution in [0.3, 0.4) is 0 Å². The molecule has 6 nitrogen and oxygen atoms in total. The average molecular weight is 392 g/mol. The molecule has 2 atom stereocenters. The van der Waals surface area contributed by atoms with Crippen molar-refractivity contribution in [3.05, 3.63) is 53.6 Å². The summed E-state index contributed by atoms with van der Waals surface area (Å²) < 4.78 is 27.5. The van der Waals surface area contributed by atoms with E-state index in [1.165, 1.54) is 0 Å². The Morgan fingerprint density at radius 1 is 1.00 bits per heavy atom. The Hall–Kier alpha value is -2.44. The van der Waals surface area contributed by atoms with Gasteiger partial charge in [0.1, 0.15) is 0 Å². The van der Waals surface area contributed by atoms with Gasteiger partial charge in [-0.1, -0.05) is 29.8 Å². The van der Waals surface area contributed by atoms with Crippen molar-refractivity contribution in [2.75, 3.05) is 27.9 Å². The number of rotatable bonds is 8. The highest BCUT2D eigenvalue weighted by Crippen LogP contribution is 2.38. The second-order valence-corrected chi connectivity index (χ2v) is 6.24. The first-order valence-corrected chi connectivity index (χ1v) is 8.94. The molecule has 0 aromatic heterocycles. The molecule has 0 bridgehead atoms. The number of hydrogen-bond donors (Lipinski definition) is 0. The first-order valence-electron chi connectivity index (χ1n) is 8.50. The van der Waals surface area contributed by atoms with Crippen molar-refractivity contribution in [1.29, 1.82) is 0 Å². The largest absolute Gasteiger partial charge is 0.493 e. The fraction of sp³-hybridized carbons (Fsp3) is 0.350. The zero-order valence-electron chi connectivity index (χ0n) is 15.5. The molecular weight excluding hydrogens is 370 g/mol. The Morgan fingerprint density at radius 3 is 2.26 bits per heavy atom. The van der Waals surface area contributed by atoms with Crippen LogP contribution < -0.4 is 14.2 Å². The highest BCUT2D eigenvalue weighted by atomic mass is 35.5. The maximum absolute atomic E-state index is 6.22. The maximum atomic E-state index is 6.22. The summed E-state index contributed by atoms with van der Waals surface area (Å²) >= 11 is 6.22. The van der Waals surface area contributed by atoms with E-state index in [2.05, 4.69) is 4.99 Å². The maximum Gasteiger partial charge on any atom is 0.220 e. The number of alkyl halides is 1. The van der Waals surface area contributed by atoms with E-state index in [0.29, 0.717) is 36.2 Å². The van der Waals surface area contributed by atoms with E-state index >= 15 is 0 Å². The average Bonchev–Trinajstić information content (AvgIpc) is 3.08. The Kier molecular flexibility index (Phi) is 6.42. The van der Waals surface area contributed by atoms with Crippen LogP contribution in [0.2, 0.25) is 0 Å². The van der Waals surface area contributed by atoms with Gasteiger partial charge in [0.05, 0.1) is 27.9 Å². The van der Waals surface area contributed by atoms with Gasteiger partial charge < -0.3 is 23.7 Å². The van der Waals surface area contributed by atoms with E-state index in [4.69, 9.17) is 35.3 Å². The number of methoxy groups -OCH3 is 3. The summed E-state index contributed by atoms with van der Waals surface area (Å²) in [5.41, 5.74) is 1.21. The van der Waals surface area contributed by atoms with E-state index in [0.717, 1.165) is 11.1 Å². The summed E-state index contributed by atoms with van der Waals surface area (Å²) in [6.45, 7) is 0.418. The molecule has 0 saturated carbocycles. The number of aliphatic imine (C=N–C) groups is 1. The molecule has 0 fully saturated rings. The molecule has 2 aromatic carbocycles. The van der Waals surface area contributed by atoms with Crippen LogP contribution in [0.4, 0.5) is 0 Å². The number of nitrogens with zero attached hydrogens (tertiary/aromatic N) is 1. The van der Waals surface area contributed by atoms with Crippen LogP contribution in [0.5, 0.6) is 17.2 Å². The number of benzene rings is 2. The van der Waals surface area contributed by atoms with E-state index in [1.54, 1.807) is 21.3 Å². The second kappa shape index (κ2) is 8.97. The predicted molar refractivity (Wildman–Crippen MR) is 103 cm³/mol. The molecule has 0 amide bonds. The number of hydrogen-bond acceptors (Lipinski definition) is 6. The normalized spacial score (nSPS) is 18.6. The Morgan fingerprint density at radius 2 is 1.67 bits per heavy atom. The summed E-state index contributed by atoms with van der Waals surface area (Å²) in [6, 6.07) is 13.4. The van der Waals surface area contributed by atoms with E-state index in [1.807, 2.05) is 42.5 Å². The molecule has 0 radical (unpaired) electrons. The third kappa shape index (κ3) is 4.46. The first kappa shape index (κ1) is 19.3. The Balaban J connectivity index is 1.63. The minimum Gasteiger partial charge on any atom is -0.493 e. The molecule has 0 saturated heterocycles. The van der Waals surface area contributed by atoms with Crippen LogP contribution >= 0.6 is 11.6 Å². The molecule has 7 heteroatoms. The topological polar surface area (TPSA) is 58.5 Å². The zero-order chi connectivity index (χ0) is 19.2. The molecule has 0 aliphatic carbocycles. The fourth-order valence-electron chi connectivity index (χ4n) is 2.78. The lowest BCUT2D eigenvalue weighted by molar-refractivity contribution is 0.0279. The number of ether oxygens (including phenoxy) is 5. The van der Waals surface area contributed by atoms with Gasteiger partial charge in [0, 0.05) is 5.56 Å². The molecular formula is C20H22ClNO5. The lowest BCUT2D eigenvalue weighted by Gasteiger charge is -2.15. The van der Waals surface area contributed by atoms with Crippen molar-refractivity contribution in [2.24, 2.45) is 4.99 Å². The highest BCUT2D eigenvalue weighted by molar-refractivity contribution is 6.21. The molecule has 1 aliphatic rings. The quantitative estimate of drug-likeness (QED) is 0.643. The van der Waals surface area contributed by atoms with E-state index < -0.39 is 11.8 Å². The van der Waals surface area contributed by atoms with Crippen molar-refractivity contribution in [2.45, 2.75) is 18.2 Å². The van der Waals surface area contributed by atoms with Gasteiger partial charge in [-0.05, 0) is 36.2 Å². The van der Waals surface area contributed by atoms with Crippen LogP contribution in [0.1, 0.15) is 11.1 Å². The minimum atomic E-state index is -0.653. The van der Waals surface area contributed by atoms with Crippen LogP contribution in [0, 0.1) is 0 Å². The van der Waals surface area contributed by atoms with E-state index in [-0.39, 0.29) is 0 Å². The lowest BCUT2D eigenvalue weighted by atomic mass is 10.1. The third-order valence-electron chi connectivity index (χ3n) is 4.12. The van der Waals surface area contributed by atoms with Crippen LogP contribution in [0.25, 0.3) is 0 Å². The molecule has 1 heterocycles. The van der Waals surface area contributed by atoms with Crippen LogP contribution in [-0.4, -0.2) is 45.6 Å². The van der Waals surface area contributed by atoms with Gasteiger partial charge in [-0.15, -0.1) is 0 Å². The molecule has 1 aliphatic heterocycles. The van der Waals surface area contributed by atoms with Gasteiger partial charge in [0.2, 0.25) is 23.4 Å². The van der Waals surface area contributed by atoms with Crippen molar-refractivity contribution < 1.29 is 23.7 Å². The lowest BCUT2D eigenvalue weighted by Crippen LogP contribution is -2.20. The van der Waals surface area contributed by atoms with Gasteiger partial charge in [0.25, 0.3) is 0 Å². The molecule has 0 N–H and O–H groups in total. The van der Waals surface area contributed by atoms with Crippen LogP contribution in [-0.2, 0) is 15.9 Å². The summed E-state index contributed by atoms with van der Waals surface area (Å²) in [4.78, 5) is 4.44. The summed E-state index contributed by atoms with van der Waals surface area (Å²) in [5, 5.41) is 0. The molecule has 27 heavy (non-hydrogen) atoms. The molecule has 0 unspecified atom stereocenters. The molecule has 3 rings (SSSR count). The summed E-state index contributed by atoms with van der Waals surface area (Å²) in [7, 11) is 4.75. The Labute approximate surface area is 163 Å². The smallest absolute Gasteiger partial charge is 0.220 e. The predicted octanol–water partition coefficient (Wildman–Crippen LogP) is 3.64. The fourth-order valence-corrected chi connectivity index (χ4v) is 3.00. The zero-order valence-corrected chi connectivity index (χ0v) is 16.2. The summed E-state index contributed by atoms with van der Waals surface area (Å²) in [6.07, 6.45) is 0.0800. The minimum absolute atomic E-state index is 0.418. The summed E-state index contributed by atoms with van der Waals surface area (Å²) in [5.74, 6) is 2.27. The SMILES string of the molecule is COc1cc(CCO[C@@H]2N=C(c3ccccc3)O[C@H]2Cl)cc(OC)c1OC. The molecule has 144 valence electrons. The van der Waals surface area contributed by atoms with Crippen LogP contribution in [0.15, 0.2) is 47.5 Å². The van der Waals surface area contributed by atoms with Crippen molar-refractivity contribution in [3.8, 4) is 17.2 Å². The van der Waals surface area contributed by atoms with Crippen molar-refractivity contribution in [1.82, 2.24) is 0 Å². The Bertz CT molecular complexity index is 771. The monoisotopic (exact) mass is 391 g/mol. The number of halogens is 1. The standard InChI is InChI=1S/C20H22ClNO5/c1-23-15-11-13(12-16(24-2)17(15)25-3)9-10-26-20-18(21)27-19(22-20)14-7-5-4-6-8-14/h4-8,11-12,18,20H,9-10H2,1-3H3/t18-,20+/m1/s1. The molecule has 0 spiro atoms. The van der Waals surface area contributed by atoms with E-state index in [9.17, 15) is 0 Å². The van der Waals surface area contributed by atoms with Gasteiger partial charge in [-0.25, -0.2) is 4.99 Å². The molecule has 2 aromatic rings.